The smallest absolute Gasteiger partial charge is 0.266 e. The van der Waals surface area contributed by atoms with E-state index in [1.807, 2.05) is 37.3 Å². The fraction of sp³-hybridized carbons (Fsp3) is 0.263. The van der Waals surface area contributed by atoms with E-state index < -0.39 is 5.91 Å². The van der Waals surface area contributed by atoms with Gasteiger partial charge in [0.2, 0.25) is 0 Å². The number of benzene rings is 1. The molecule has 3 rings (SSSR count). The van der Waals surface area contributed by atoms with Crippen LogP contribution in [0.5, 0.6) is 0 Å². The Morgan fingerprint density at radius 2 is 2.17 bits per heavy atom. The van der Waals surface area contributed by atoms with E-state index in [-0.39, 0.29) is 5.57 Å². The van der Waals surface area contributed by atoms with Crippen molar-refractivity contribution < 1.29 is 9.21 Å². The molecule has 1 saturated carbocycles. The molecule has 23 heavy (non-hydrogen) atoms. The number of nitrogens with zero attached hydrogens (tertiary/aromatic N) is 1. The summed E-state index contributed by atoms with van der Waals surface area (Å²) in [6.45, 7) is 4.12. The fourth-order valence-corrected chi connectivity index (χ4v) is 2.58. The van der Waals surface area contributed by atoms with Gasteiger partial charge in [0.05, 0.1) is 0 Å². The summed E-state index contributed by atoms with van der Waals surface area (Å²) in [6, 6.07) is 13.1. The number of nitrogens with one attached hydrogen (secondary N) is 1. The molecule has 116 valence electrons. The molecule has 1 aliphatic rings. The van der Waals surface area contributed by atoms with Crippen molar-refractivity contribution in [3.63, 3.8) is 0 Å². The summed E-state index contributed by atoms with van der Waals surface area (Å²) in [4.78, 5) is 12.2. The lowest BCUT2D eigenvalue weighted by Gasteiger charge is -2.04. The zero-order valence-corrected chi connectivity index (χ0v) is 13.2. The van der Waals surface area contributed by atoms with Gasteiger partial charge in [-0.2, -0.15) is 5.26 Å². The molecular formula is C19H18N2O2. The summed E-state index contributed by atoms with van der Waals surface area (Å²) >= 11 is 0. The predicted octanol–water partition coefficient (Wildman–Crippen LogP) is 4.26. The highest BCUT2D eigenvalue weighted by atomic mass is 16.3. The number of carbonyl (C=O) groups excluding carboxylic acids is 1. The lowest BCUT2D eigenvalue weighted by Crippen LogP contribution is -2.13. The van der Waals surface area contributed by atoms with E-state index >= 15 is 0 Å². The number of hydrogen-bond donors (Lipinski definition) is 1. The van der Waals surface area contributed by atoms with E-state index in [1.165, 1.54) is 6.08 Å². The maximum absolute atomic E-state index is 12.2. The second-order valence-electron chi connectivity index (χ2n) is 6.05. The molecule has 4 heteroatoms. The van der Waals surface area contributed by atoms with Gasteiger partial charge in [0.15, 0.2) is 0 Å². The quantitative estimate of drug-likeness (QED) is 0.678. The van der Waals surface area contributed by atoms with Crippen molar-refractivity contribution in [1.82, 2.24) is 0 Å². The third kappa shape index (κ3) is 3.51. The van der Waals surface area contributed by atoms with Gasteiger partial charge in [-0.1, -0.05) is 19.1 Å². The minimum atomic E-state index is -0.434. The van der Waals surface area contributed by atoms with Gasteiger partial charge in [-0.3, -0.25) is 4.79 Å². The second kappa shape index (κ2) is 6.13. The van der Waals surface area contributed by atoms with Gasteiger partial charge in [-0.15, -0.1) is 0 Å². The zero-order valence-electron chi connectivity index (χ0n) is 13.2. The number of amides is 1. The summed E-state index contributed by atoms with van der Waals surface area (Å²) in [5, 5.41) is 12.0. The van der Waals surface area contributed by atoms with Crippen LogP contribution >= 0.6 is 0 Å². The van der Waals surface area contributed by atoms with Gasteiger partial charge in [0.25, 0.3) is 5.91 Å². The molecule has 1 heterocycles. The zero-order chi connectivity index (χ0) is 16.4. The summed E-state index contributed by atoms with van der Waals surface area (Å²) in [6.07, 6.45) is 2.62. The topological polar surface area (TPSA) is 66.0 Å². The fourth-order valence-electron chi connectivity index (χ4n) is 2.58. The third-order valence-corrected chi connectivity index (χ3v) is 4.05. The maximum Gasteiger partial charge on any atom is 0.266 e. The third-order valence-electron chi connectivity index (χ3n) is 4.05. The lowest BCUT2D eigenvalue weighted by molar-refractivity contribution is -0.112. The molecule has 0 unspecified atom stereocenters. The van der Waals surface area contributed by atoms with E-state index in [0.29, 0.717) is 23.3 Å². The van der Waals surface area contributed by atoms with E-state index in [9.17, 15) is 10.1 Å². The number of nitriles is 1. The molecule has 1 aliphatic carbocycles. The van der Waals surface area contributed by atoms with Crippen LogP contribution in [0, 0.1) is 24.2 Å². The summed E-state index contributed by atoms with van der Waals surface area (Å²) < 4.78 is 5.72. The number of hydrogen-bond acceptors (Lipinski definition) is 3. The highest BCUT2D eigenvalue weighted by Gasteiger charge is 2.36. The van der Waals surface area contributed by atoms with Crippen LogP contribution in [0.1, 0.15) is 36.3 Å². The van der Waals surface area contributed by atoms with Crippen molar-refractivity contribution in [2.24, 2.45) is 5.92 Å². The Labute approximate surface area is 135 Å². The van der Waals surface area contributed by atoms with Crippen LogP contribution in [0.2, 0.25) is 0 Å². The van der Waals surface area contributed by atoms with Gasteiger partial charge in [0.1, 0.15) is 23.2 Å². The van der Waals surface area contributed by atoms with Crippen molar-refractivity contribution in [3.05, 3.63) is 59.1 Å². The molecule has 1 aromatic carbocycles. The molecule has 1 aromatic heterocycles. The van der Waals surface area contributed by atoms with Gasteiger partial charge >= 0.3 is 0 Å². The van der Waals surface area contributed by atoms with Crippen LogP contribution in [-0.4, -0.2) is 5.91 Å². The summed E-state index contributed by atoms with van der Waals surface area (Å²) in [7, 11) is 0. The van der Waals surface area contributed by atoms with Crippen LogP contribution in [0.25, 0.3) is 6.08 Å². The first-order chi connectivity index (χ1) is 11.1. The number of carbonyl (C=O) groups is 1. The van der Waals surface area contributed by atoms with E-state index in [4.69, 9.17) is 4.42 Å². The van der Waals surface area contributed by atoms with Crippen molar-refractivity contribution in [2.75, 3.05) is 5.32 Å². The molecule has 4 nitrogen and oxygen atoms in total. The first-order valence-electron chi connectivity index (χ1n) is 7.66. The van der Waals surface area contributed by atoms with Crippen molar-refractivity contribution in [1.29, 1.82) is 5.26 Å². The minimum Gasteiger partial charge on any atom is -0.461 e. The Kier molecular flexibility index (Phi) is 4.03. The van der Waals surface area contributed by atoms with E-state index in [0.717, 1.165) is 17.7 Å². The first kappa shape index (κ1) is 15.1. The number of furan rings is 1. The van der Waals surface area contributed by atoms with Crippen LogP contribution < -0.4 is 5.32 Å². The van der Waals surface area contributed by atoms with Crippen LogP contribution in [0.15, 0.2) is 46.4 Å². The Morgan fingerprint density at radius 3 is 2.83 bits per heavy atom. The van der Waals surface area contributed by atoms with Crippen molar-refractivity contribution in [2.45, 2.75) is 26.2 Å². The Balaban J connectivity index is 1.74. The molecule has 0 aliphatic heterocycles. The molecule has 0 radical (unpaired) electrons. The Hall–Kier alpha value is -2.80. The van der Waals surface area contributed by atoms with Gasteiger partial charge < -0.3 is 9.73 Å². The van der Waals surface area contributed by atoms with Crippen molar-refractivity contribution in [3.8, 4) is 6.07 Å². The monoisotopic (exact) mass is 306 g/mol. The average Bonchev–Trinajstić information content (AvgIpc) is 3.07. The number of aryl methyl sites for hydroxylation is 1. The Morgan fingerprint density at radius 1 is 1.39 bits per heavy atom. The first-order valence-corrected chi connectivity index (χ1v) is 7.66. The standard InChI is InChI=1S/C19H18N2O2/c1-12-4-3-5-15(8-12)21-19(22)14(11-20)10-16-6-7-18(23-16)17-9-13(17)2/h3-8,10,13,17H,9H2,1-2H3,(H,21,22)/b14-10+/t13-,17+/m1/s1. The Bertz CT molecular complexity index is 811. The van der Waals surface area contributed by atoms with Crippen LogP contribution in [0.3, 0.4) is 0 Å². The van der Waals surface area contributed by atoms with E-state index in [1.54, 1.807) is 12.1 Å². The number of anilines is 1. The molecule has 0 bridgehead atoms. The molecule has 1 N–H and O–H groups in total. The highest BCUT2D eigenvalue weighted by Crippen LogP contribution is 2.47. The van der Waals surface area contributed by atoms with Crippen LogP contribution in [0.4, 0.5) is 5.69 Å². The summed E-state index contributed by atoms with van der Waals surface area (Å²) in [5.74, 6) is 2.16. The average molecular weight is 306 g/mol. The van der Waals surface area contributed by atoms with E-state index in [2.05, 4.69) is 12.2 Å². The second-order valence-corrected chi connectivity index (χ2v) is 6.05. The lowest BCUT2D eigenvalue weighted by atomic mass is 10.2. The molecular weight excluding hydrogens is 288 g/mol. The van der Waals surface area contributed by atoms with Gasteiger partial charge in [-0.25, -0.2) is 0 Å². The molecule has 1 fully saturated rings. The maximum atomic E-state index is 12.2. The minimum absolute atomic E-state index is 0.0243. The largest absolute Gasteiger partial charge is 0.461 e. The normalized spacial score (nSPS) is 20.0. The summed E-state index contributed by atoms with van der Waals surface area (Å²) in [5.41, 5.74) is 1.74. The molecule has 0 spiro atoms. The highest BCUT2D eigenvalue weighted by molar-refractivity contribution is 6.09. The van der Waals surface area contributed by atoms with Crippen molar-refractivity contribution >= 4 is 17.7 Å². The molecule has 0 saturated heterocycles. The van der Waals surface area contributed by atoms with Gasteiger partial charge in [0, 0.05) is 17.7 Å². The SMILES string of the molecule is Cc1cccc(NC(=O)/C(C#N)=C/c2ccc([C@H]3C[C@H]3C)o2)c1. The molecule has 1 amide bonds. The number of rotatable bonds is 4. The van der Waals surface area contributed by atoms with Crippen LogP contribution in [-0.2, 0) is 4.79 Å². The predicted molar refractivity (Wildman–Crippen MR) is 88.6 cm³/mol. The molecule has 2 atom stereocenters. The molecule has 2 aromatic rings. The van der Waals surface area contributed by atoms with Gasteiger partial charge in [-0.05, 0) is 49.1 Å².